The molecule has 0 saturated carbocycles. The highest BCUT2D eigenvalue weighted by molar-refractivity contribution is 7.99. The van der Waals surface area contributed by atoms with Gasteiger partial charge < -0.3 is 13.9 Å². The number of aromatic nitrogens is 4. The van der Waals surface area contributed by atoms with Crippen LogP contribution in [0.2, 0.25) is 0 Å². The number of carbonyl (C=O) groups excluding carboxylic acids is 2. The number of Topliss-reactive ketones (excluding diaryl/α,β-unsaturated/α-hetero) is 1. The van der Waals surface area contributed by atoms with Crippen LogP contribution >= 0.6 is 11.8 Å². The van der Waals surface area contributed by atoms with Crippen LogP contribution in [0.25, 0.3) is 0 Å². The second kappa shape index (κ2) is 10.9. The number of nitrogens with zero attached hydrogens (tertiary/aromatic N) is 4. The lowest BCUT2D eigenvalue weighted by Gasteiger charge is -2.12. The van der Waals surface area contributed by atoms with Gasteiger partial charge in [-0.3, -0.25) is 9.59 Å². The van der Waals surface area contributed by atoms with Gasteiger partial charge in [-0.2, -0.15) is 13.2 Å². The van der Waals surface area contributed by atoms with E-state index < -0.39 is 18.7 Å². The van der Waals surface area contributed by atoms with E-state index in [0.717, 1.165) is 21.9 Å². The van der Waals surface area contributed by atoms with Crippen LogP contribution in [0.5, 0.6) is 0 Å². The molecule has 0 atom stereocenters. The summed E-state index contributed by atoms with van der Waals surface area (Å²) >= 11 is 1.12. The number of aryl methyl sites for hydroxylation is 1. The van der Waals surface area contributed by atoms with Crippen LogP contribution in [-0.2, 0) is 29.0 Å². The van der Waals surface area contributed by atoms with E-state index >= 15 is 0 Å². The van der Waals surface area contributed by atoms with Gasteiger partial charge in [-0.25, -0.2) is 0 Å². The summed E-state index contributed by atoms with van der Waals surface area (Å²) in [6.07, 6.45) is -4.45. The zero-order valence-electron chi connectivity index (χ0n) is 19.1. The molecule has 0 spiro atoms. The average molecular weight is 495 g/mol. The maximum Gasteiger partial charge on any atom is 0.406 e. The molecule has 0 N–H and O–H groups in total. The summed E-state index contributed by atoms with van der Waals surface area (Å²) in [6.45, 7) is 4.25. The van der Waals surface area contributed by atoms with Crippen LogP contribution < -0.4 is 0 Å². The summed E-state index contributed by atoms with van der Waals surface area (Å²) in [5.74, 6) is -0.384. The maximum absolute atomic E-state index is 12.9. The highest BCUT2D eigenvalue weighted by atomic mass is 32.2. The van der Waals surface area contributed by atoms with Gasteiger partial charge in [0, 0.05) is 17.0 Å². The molecule has 7 nitrogen and oxygen atoms in total. The number of ketones is 1. The lowest BCUT2D eigenvalue weighted by molar-refractivity contribution is -0.142. The number of halogens is 3. The zero-order valence-corrected chi connectivity index (χ0v) is 19.9. The second-order valence-corrected chi connectivity index (χ2v) is 8.59. The topological polar surface area (TPSA) is 79.0 Å². The van der Waals surface area contributed by atoms with Crippen LogP contribution in [0, 0.1) is 13.8 Å². The summed E-state index contributed by atoms with van der Waals surface area (Å²) in [5.41, 5.74) is 1.84. The van der Waals surface area contributed by atoms with Gasteiger partial charge in [-0.1, -0.05) is 42.1 Å². The Balaban J connectivity index is 1.80. The molecule has 0 unspecified atom stereocenters. The number of carbonyl (C=O) groups is 2. The number of thioether (sulfide) groups is 1. The lowest BCUT2D eigenvalue weighted by atomic mass is 10.2. The monoisotopic (exact) mass is 494 g/mol. The van der Waals surface area contributed by atoms with Crippen molar-refractivity contribution in [1.29, 1.82) is 0 Å². The molecule has 182 valence electrons. The molecule has 11 heteroatoms. The summed E-state index contributed by atoms with van der Waals surface area (Å²) < 4.78 is 46.5. The van der Waals surface area contributed by atoms with Crippen LogP contribution in [0.4, 0.5) is 13.2 Å². The van der Waals surface area contributed by atoms with E-state index in [1.807, 2.05) is 30.3 Å². The average Bonchev–Trinajstić information content (AvgIpc) is 3.27. The van der Waals surface area contributed by atoms with E-state index in [1.165, 1.54) is 13.0 Å². The van der Waals surface area contributed by atoms with Crippen LogP contribution in [-0.4, -0.2) is 49.6 Å². The minimum absolute atomic E-state index is 0.0390. The SMILES string of the molecule is CCOC(=O)Cc1nnc(SCC(=O)c2cc(C)n(CC(F)(F)F)c2C)n1Cc1ccccc1. The standard InChI is InChI=1S/C23H25F3N4O3S/c1-4-33-21(32)11-20-27-28-22(29(20)12-17-8-6-5-7-9-17)34-13-19(31)18-10-15(2)30(16(18)3)14-23(24,25)26/h5-10H,4,11-14H2,1-3H3. The predicted octanol–water partition coefficient (Wildman–Crippen LogP) is 4.39. The Kier molecular flexibility index (Phi) is 8.19. The summed E-state index contributed by atoms with van der Waals surface area (Å²) in [5, 5.41) is 8.69. The fraction of sp³-hybridized carbons (Fsp3) is 0.391. The minimum Gasteiger partial charge on any atom is -0.466 e. The van der Waals surface area contributed by atoms with Crippen LogP contribution in [0.15, 0.2) is 41.6 Å². The van der Waals surface area contributed by atoms with Crippen molar-refractivity contribution in [1.82, 2.24) is 19.3 Å². The molecule has 0 radical (unpaired) electrons. The van der Waals surface area contributed by atoms with Crippen molar-refractivity contribution in [3.63, 3.8) is 0 Å². The molecule has 0 aliphatic rings. The Bertz CT molecular complexity index is 1160. The molecule has 0 bridgehead atoms. The van der Waals surface area contributed by atoms with E-state index in [9.17, 15) is 22.8 Å². The van der Waals surface area contributed by atoms with Gasteiger partial charge in [0.25, 0.3) is 0 Å². The van der Waals surface area contributed by atoms with Crippen LogP contribution in [0.3, 0.4) is 0 Å². The smallest absolute Gasteiger partial charge is 0.406 e. The second-order valence-electron chi connectivity index (χ2n) is 7.65. The quantitative estimate of drug-likeness (QED) is 0.236. The lowest BCUT2D eigenvalue weighted by Crippen LogP contribution is -2.19. The predicted molar refractivity (Wildman–Crippen MR) is 121 cm³/mol. The normalized spacial score (nSPS) is 11.6. The first-order chi connectivity index (χ1) is 16.1. The molecule has 3 rings (SSSR count). The van der Waals surface area contributed by atoms with Crippen molar-refractivity contribution in [3.05, 3.63) is 64.7 Å². The van der Waals surface area contributed by atoms with Gasteiger partial charge in [-0.15, -0.1) is 10.2 Å². The van der Waals surface area contributed by atoms with E-state index in [-0.39, 0.29) is 35.8 Å². The van der Waals surface area contributed by atoms with Crippen molar-refractivity contribution in [3.8, 4) is 0 Å². The van der Waals surface area contributed by atoms with Gasteiger partial charge in [0.1, 0.15) is 18.8 Å². The number of esters is 1. The van der Waals surface area contributed by atoms with E-state index in [2.05, 4.69) is 10.2 Å². The summed E-state index contributed by atoms with van der Waals surface area (Å²) in [6, 6.07) is 11.0. The molecule has 3 aromatic rings. The number of ether oxygens (including phenoxy) is 1. The minimum atomic E-state index is -4.38. The largest absolute Gasteiger partial charge is 0.466 e. The zero-order chi connectivity index (χ0) is 24.9. The maximum atomic E-state index is 12.9. The molecule has 0 aliphatic carbocycles. The van der Waals surface area contributed by atoms with Crippen LogP contribution in [0.1, 0.15) is 40.1 Å². The third kappa shape index (κ3) is 6.49. The van der Waals surface area contributed by atoms with E-state index in [4.69, 9.17) is 4.74 Å². The highest BCUT2D eigenvalue weighted by Gasteiger charge is 2.30. The van der Waals surface area contributed by atoms with Crippen molar-refractivity contribution in [2.75, 3.05) is 12.4 Å². The van der Waals surface area contributed by atoms with Gasteiger partial charge in [0.05, 0.1) is 18.9 Å². The Morgan fingerprint density at radius 1 is 1.09 bits per heavy atom. The highest BCUT2D eigenvalue weighted by Crippen LogP contribution is 2.26. The fourth-order valence-electron chi connectivity index (χ4n) is 3.54. The molecule has 0 saturated heterocycles. The Morgan fingerprint density at radius 3 is 2.44 bits per heavy atom. The number of alkyl halides is 3. The molecule has 2 heterocycles. The number of hydrogen-bond acceptors (Lipinski definition) is 6. The number of hydrogen-bond donors (Lipinski definition) is 0. The molecule has 0 amide bonds. The molecule has 0 aliphatic heterocycles. The third-order valence-corrected chi connectivity index (χ3v) is 6.10. The number of rotatable bonds is 10. The first kappa shape index (κ1) is 25.5. The molecule has 1 aromatic carbocycles. The van der Waals surface area contributed by atoms with Crippen molar-refractivity contribution in [2.24, 2.45) is 0 Å². The summed E-state index contributed by atoms with van der Waals surface area (Å²) in [4.78, 5) is 24.9. The van der Waals surface area contributed by atoms with Gasteiger partial charge >= 0.3 is 12.1 Å². The first-order valence-electron chi connectivity index (χ1n) is 10.6. The molecule has 34 heavy (non-hydrogen) atoms. The molecular formula is C23H25F3N4O3S. The first-order valence-corrected chi connectivity index (χ1v) is 11.6. The van der Waals surface area contributed by atoms with Crippen molar-refractivity contribution in [2.45, 2.75) is 51.6 Å². The Labute approximate surface area is 199 Å². The summed E-state index contributed by atoms with van der Waals surface area (Å²) in [7, 11) is 0. The van der Waals surface area contributed by atoms with E-state index in [1.54, 1.807) is 18.4 Å². The number of benzene rings is 1. The third-order valence-electron chi connectivity index (χ3n) is 5.13. The van der Waals surface area contributed by atoms with Gasteiger partial charge in [-0.05, 0) is 32.4 Å². The van der Waals surface area contributed by atoms with Crippen molar-refractivity contribution >= 4 is 23.5 Å². The van der Waals surface area contributed by atoms with E-state index in [0.29, 0.717) is 23.2 Å². The molecular weight excluding hydrogens is 469 g/mol. The van der Waals surface area contributed by atoms with Crippen molar-refractivity contribution < 1.29 is 27.5 Å². The van der Waals surface area contributed by atoms with Gasteiger partial charge in [0.15, 0.2) is 10.9 Å². The Morgan fingerprint density at radius 2 is 1.79 bits per heavy atom. The molecule has 0 fully saturated rings. The fourth-order valence-corrected chi connectivity index (χ4v) is 4.38. The van der Waals surface area contributed by atoms with Gasteiger partial charge in [0.2, 0.25) is 0 Å². The molecule has 2 aromatic heterocycles. The Hall–Kier alpha value is -3.08.